The third kappa shape index (κ3) is 0.430. The first kappa shape index (κ1) is 5.59. The van der Waals surface area contributed by atoms with Gasteiger partial charge in [-0.1, -0.05) is 0 Å². The molecule has 0 amide bonds. The molecular weight excluding hydrogens is 122 g/mol. The molecule has 0 radical (unpaired) electrons. The van der Waals surface area contributed by atoms with Gasteiger partial charge in [0.15, 0.2) is 0 Å². The second-order valence-electron chi connectivity index (χ2n) is 4.68. The highest BCUT2D eigenvalue weighted by atomic mass is 14.8. The van der Waals surface area contributed by atoms with Crippen LogP contribution in [-0.4, -0.2) is 6.04 Å². The molecule has 1 spiro atoms. The number of hydrogen-bond acceptors (Lipinski definition) is 1. The lowest BCUT2D eigenvalue weighted by Crippen LogP contribution is -2.52. The van der Waals surface area contributed by atoms with Crippen molar-refractivity contribution in [1.29, 1.82) is 0 Å². The Morgan fingerprint density at radius 1 is 1.30 bits per heavy atom. The van der Waals surface area contributed by atoms with E-state index in [4.69, 9.17) is 5.73 Å². The molecule has 0 aliphatic heterocycles. The fourth-order valence-corrected chi connectivity index (χ4v) is 3.83. The van der Waals surface area contributed by atoms with E-state index in [0.717, 1.165) is 17.3 Å². The molecule has 1 nitrogen and oxygen atoms in total. The predicted octanol–water partition coefficient (Wildman–Crippen LogP) is 1.52. The molecule has 3 fully saturated rings. The highest BCUT2D eigenvalue weighted by molar-refractivity contribution is 5.13. The molecule has 0 aromatic carbocycles. The Labute approximate surface area is 62.0 Å². The predicted molar refractivity (Wildman–Crippen MR) is 40.5 cm³/mol. The van der Waals surface area contributed by atoms with E-state index in [9.17, 15) is 0 Å². The van der Waals surface area contributed by atoms with Gasteiger partial charge < -0.3 is 5.73 Å². The van der Waals surface area contributed by atoms with Gasteiger partial charge in [-0.2, -0.15) is 0 Å². The molecular formula is C9H15N. The minimum atomic E-state index is 0.588. The first-order valence-electron chi connectivity index (χ1n) is 4.56. The summed E-state index contributed by atoms with van der Waals surface area (Å²) in [7, 11) is 0. The van der Waals surface area contributed by atoms with E-state index in [2.05, 4.69) is 0 Å². The van der Waals surface area contributed by atoms with E-state index in [0.29, 0.717) is 6.04 Å². The lowest BCUT2D eigenvalue weighted by atomic mass is 9.57. The summed E-state index contributed by atoms with van der Waals surface area (Å²) in [5.41, 5.74) is 6.74. The van der Waals surface area contributed by atoms with Crippen molar-refractivity contribution in [1.82, 2.24) is 0 Å². The summed E-state index contributed by atoms with van der Waals surface area (Å²) in [5, 5.41) is 0. The van der Waals surface area contributed by atoms with Gasteiger partial charge in [0.1, 0.15) is 0 Å². The Balaban J connectivity index is 1.94. The number of nitrogens with two attached hydrogens (primary N) is 1. The van der Waals surface area contributed by atoms with Crippen molar-refractivity contribution < 1.29 is 0 Å². The fourth-order valence-electron chi connectivity index (χ4n) is 3.83. The molecule has 1 heteroatoms. The molecule has 2 N–H and O–H groups in total. The van der Waals surface area contributed by atoms with Crippen LogP contribution in [0.25, 0.3) is 0 Å². The molecule has 3 rings (SSSR count). The van der Waals surface area contributed by atoms with Crippen molar-refractivity contribution in [3.05, 3.63) is 0 Å². The molecule has 56 valence electrons. The minimum absolute atomic E-state index is 0.588. The third-order valence-electron chi connectivity index (χ3n) is 4.28. The summed E-state index contributed by atoms with van der Waals surface area (Å²) in [6.07, 6.45) is 7.39. The smallest absolute Gasteiger partial charge is 0.00779 e. The number of rotatable bonds is 0. The maximum absolute atomic E-state index is 5.94. The summed E-state index contributed by atoms with van der Waals surface area (Å²) in [6, 6.07) is 0.588. The van der Waals surface area contributed by atoms with Gasteiger partial charge in [-0.15, -0.1) is 0 Å². The zero-order chi connectivity index (χ0) is 6.77. The summed E-state index contributed by atoms with van der Waals surface area (Å²) < 4.78 is 0. The highest BCUT2D eigenvalue weighted by Gasteiger charge is 2.60. The van der Waals surface area contributed by atoms with Crippen molar-refractivity contribution in [2.24, 2.45) is 23.0 Å². The van der Waals surface area contributed by atoms with E-state index >= 15 is 0 Å². The van der Waals surface area contributed by atoms with Crippen molar-refractivity contribution in [3.63, 3.8) is 0 Å². The molecule has 10 heavy (non-hydrogen) atoms. The van der Waals surface area contributed by atoms with Crippen LogP contribution in [0.2, 0.25) is 0 Å². The minimum Gasteiger partial charge on any atom is -0.327 e. The Morgan fingerprint density at radius 3 is 2.70 bits per heavy atom. The quantitative estimate of drug-likeness (QED) is 0.538. The van der Waals surface area contributed by atoms with Gasteiger partial charge in [-0.3, -0.25) is 0 Å². The maximum Gasteiger partial charge on any atom is 0.00779 e. The summed E-state index contributed by atoms with van der Waals surface area (Å²) in [6.45, 7) is 0. The van der Waals surface area contributed by atoms with Gasteiger partial charge in [-0.25, -0.2) is 0 Å². The summed E-state index contributed by atoms with van der Waals surface area (Å²) in [5.74, 6) is 2.03. The Morgan fingerprint density at radius 2 is 2.20 bits per heavy atom. The van der Waals surface area contributed by atoms with Crippen LogP contribution >= 0.6 is 0 Å². The van der Waals surface area contributed by atoms with Crippen LogP contribution in [0.15, 0.2) is 0 Å². The van der Waals surface area contributed by atoms with Crippen molar-refractivity contribution in [2.75, 3.05) is 0 Å². The zero-order valence-electron chi connectivity index (χ0n) is 6.34. The van der Waals surface area contributed by atoms with Crippen LogP contribution in [0.3, 0.4) is 0 Å². The highest BCUT2D eigenvalue weighted by Crippen LogP contribution is 2.66. The third-order valence-corrected chi connectivity index (χ3v) is 4.28. The summed E-state index contributed by atoms with van der Waals surface area (Å²) in [4.78, 5) is 0. The topological polar surface area (TPSA) is 26.0 Å². The molecule has 3 aliphatic carbocycles. The average molecular weight is 137 g/mol. The first-order valence-corrected chi connectivity index (χ1v) is 4.56. The molecule has 2 bridgehead atoms. The Kier molecular flexibility index (Phi) is 0.797. The summed E-state index contributed by atoms with van der Waals surface area (Å²) >= 11 is 0. The molecule has 3 saturated carbocycles. The second kappa shape index (κ2) is 1.42. The van der Waals surface area contributed by atoms with E-state index in [1.165, 1.54) is 32.1 Å². The van der Waals surface area contributed by atoms with Gasteiger partial charge in [0.2, 0.25) is 0 Å². The van der Waals surface area contributed by atoms with Crippen LogP contribution in [0.4, 0.5) is 0 Å². The van der Waals surface area contributed by atoms with Crippen LogP contribution in [0, 0.1) is 17.3 Å². The first-order chi connectivity index (χ1) is 4.80. The van der Waals surface area contributed by atoms with Gasteiger partial charge in [0.25, 0.3) is 0 Å². The average Bonchev–Trinajstić information content (AvgIpc) is 2.40. The van der Waals surface area contributed by atoms with Crippen LogP contribution in [0.5, 0.6) is 0 Å². The fraction of sp³-hybridized carbons (Fsp3) is 1.00. The van der Waals surface area contributed by atoms with Crippen molar-refractivity contribution in [3.8, 4) is 0 Å². The van der Waals surface area contributed by atoms with Gasteiger partial charge >= 0.3 is 0 Å². The van der Waals surface area contributed by atoms with Crippen LogP contribution in [0.1, 0.15) is 32.1 Å². The van der Waals surface area contributed by atoms with Crippen molar-refractivity contribution in [2.45, 2.75) is 38.1 Å². The molecule has 0 aromatic heterocycles. The van der Waals surface area contributed by atoms with E-state index in [-0.39, 0.29) is 0 Å². The largest absolute Gasteiger partial charge is 0.327 e. The van der Waals surface area contributed by atoms with Gasteiger partial charge in [0.05, 0.1) is 0 Å². The lowest BCUT2D eigenvalue weighted by molar-refractivity contribution is 0.0277. The van der Waals surface area contributed by atoms with E-state index in [1.54, 1.807) is 0 Å². The molecule has 0 saturated heterocycles. The second-order valence-corrected chi connectivity index (χ2v) is 4.68. The lowest BCUT2D eigenvalue weighted by Gasteiger charge is -2.50. The molecule has 0 aromatic rings. The van der Waals surface area contributed by atoms with Gasteiger partial charge in [0, 0.05) is 6.04 Å². The number of hydrogen-bond donors (Lipinski definition) is 1. The monoisotopic (exact) mass is 137 g/mol. The molecule has 4 atom stereocenters. The Hall–Kier alpha value is -0.0400. The Bertz CT molecular complexity index is 178. The normalized spacial score (nSPS) is 63.9. The van der Waals surface area contributed by atoms with E-state index in [1.807, 2.05) is 0 Å². The zero-order valence-corrected chi connectivity index (χ0v) is 6.34. The van der Waals surface area contributed by atoms with Crippen molar-refractivity contribution >= 4 is 0 Å². The van der Waals surface area contributed by atoms with E-state index < -0.39 is 0 Å². The van der Waals surface area contributed by atoms with Crippen LogP contribution in [-0.2, 0) is 0 Å². The van der Waals surface area contributed by atoms with Crippen LogP contribution < -0.4 is 5.73 Å². The number of fused-ring (bicyclic) bond motifs is 1. The molecule has 3 aliphatic rings. The molecule has 0 heterocycles. The SMILES string of the molecule is N[C@@H]1CC23CCC(C[C@@H]12)C3. The van der Waals surface area contributed by atoms with Gasteiger partial charge in [-0.05, 0) is 49.4 Å². The maximum atomic E-state index is 5.94. The molecule has 2 unspecified atom stereocenters. The standard InChI is InChI=1S/C9H15N/c10-8-5-9-2-1-6(4-9)3-7(8)9/h6-8H,1-5,10H2/t6?,7-,8+,9?/m0/s1.